The number of halogens is 2. The molecule has 0 saturated carbocycles. The fourth-order valence-electron chi connectivity index (χ4n) is 5.61. The SMILES string of the molecule is CC1(C)COCCC(c2ccccc2F)n2ccc(n2)-c2cccc(c2)Oc2c(F)cc3[nH]ccc3c2Cn2cc1nn2. The first-order valence-corrected chi connectivity index (χ1v) is 14.2. The molecule has 0 aliphatic carbocycles. The van der Waals surface area contributed by atoms with Crippen LogP contribution in [0.25, 0.3) is 22.2 Å². The van der Waals surface area contributed by atoms with E-state index in [2.05, 4.69) is 15.3 Å². The molecule has 1 N–H and O–H groups in total. The van der Waals surface area contributed by atoms with Gasteiger partial charge in [-0.2, -0.15) is 5.10 Å². The summed E-state index contributed by atoms with van der Waals surface area (Å²) in [6.45, 7) is 5.08. The average Bonchev–Trinajstić information content (AvgIpc) is 3.77. The van der Waals surface area contributed by atoms with Crippen molar-refractivity contribution in [1.29, 1.82) is 0 Å². The van der Waals surface area contributed by atoms with Crippen molar-refractivity contribution in [3.05, 3.63) is 114 Å². The predicted molar refractivity (Wildman–Crippen MR) is 158 cm³/mol. The van der Waals surface area contributed by atoms with Crippen molar-refractivity contribution >= 4 is 10.9 Å². The van der Waals surface area contributed by atoms with E-state index in [1.54, 1.807) is 33.8 Å². The van der Waals surface area contributed by atoms with Crippen LogP contribution in [0, 0.1) is 11.6 Å². The molecule has 8 nitrogen and oxygen atoms in total. The minimum atomic E-state index is -0.493. The second kappa shape index (κ2) is 10.8. The largest absolute Gasteiger partial charge is 0.454 e. The lowest BCUT2D eigenvalue weighted by Crippen LogP contribution is -2.26. The smallest absolute Gasteiger partial charge is 0.168 e. The first-order chi connectivity index (χ1) is 20.9. The molecule has 1 atom stereocenters. The molecule has 0 saturated heterocycles. The minimum absolute atomic E-state index is 0.118. The molecular formula is C33H30F2N6O2. The van der Waals surface area contributed by atoms with Gasteiger partial charge in [-0.05, 0) is 36.8 Å². The number of fused-ring (bicyclic) bond motifs is 10. The molecule has 0 fully saturated rings. The van der Waals surface area contributed by atoms with E-state index in [0.29, 0.717) is 47.7 Å². The van der Waals surface area contributed by atoms with Gasteiger partial charge in [-0.25, -0.2) is 13.5 Å². The molecule has 3 aromatic carbocycles. The summed E-state index contributed by atoms with van der Waals surface area (Å²) in [7, 11) is 0. The Kier molecular flexibility index (Phi) is 6.78. The zero-order valence-corrected chi connectivity index (χ0v) is 23.8. The number of H-pyrrole nitrogens is 1. The Labute approximate surface area is 246 Å². The molecule has 0 radical (unpaired) electrons. The molecule has 1 unspecified atom stereocenters. The molecule has 43 heavy (non-hydrogen) atoms. The van der Waals surface area contributed by atoms with E-state index in [4.69, 9.17) is 14.6 Å². The van der Waals surface area contributed by atoms with Crippen molar-refractivity contribution in [2.45, 2.75) is 38.3 Å². The highest BCUT2D eigenvalue weighted by Gasteiger charge is 2.27. The first kappa shape index (κ1) is 27.0. The van der Waals surface area contributed by atoms with E-state index in [9.17, 15) is 0 Å². The van der Waals surface area contributed by atoms with Gasteiger partial charge in [-0.3, -0.25) is 4.68 Å². The van der Waals surface area contributed by atoms with Crippen LogP contribution in [0.15, 0.2) is 85.3 Å². The summed E-state index contributed by atoms with van der Waals surface area (Å²) in [5, 5.41) is 14.5. The van der Waals surface area contributed by atoms with Crippen LogP contribution in [-0.4, -0.2) is 43.0 Å². The number of nitrogens with one attached hydrogen (secondary N) is 1. The summed E-state index contributed by atoms with van der Waals surface area (Å²) < 4.78 is 46.5. The zero-order chi connectivity index (χ0) is 29.6. The molecule has 10 heteroatoms. The average molecular weight is 581 g/mol. The van der Waals surface area contributed by atoms with Crippen LogP contribution in [0.4, 0.5) is 8.78 Å². The normalized spacial score (nSPS) is 17.0. The maximum Gasteiger partial charge on any atom is 0.168 e. The fourth-order valence-corrected chi connectivity index (χ4v) is 5.61. The molecule has 6 aromatic rings. The zero-order valence-electron chi connectivity index (χ0n) is 23.8. The van der Waals surface area contributed by atoms with Crippen LogP contribution in [0.2, 0.25) is 0 Å². The third kappa shape index (κ3) is 5.18. The number of hydrogen-bond acceptors (Lipinski definition) is 5. The second-order valence-electron chi connectivity index (χ2n) is 11.5. The lowest BCUT2D eigenvalue weighted by molar-refractivity contribution is 0.0851. The summed E-state index contributed by atoms with van der Waals surface area (Å²) in [5.41, 5.74) is 3.59. The highest BCUT2D eigenvalue weighted by molar-refractivity contribution is 5.85. The van der Waals surface area contributed by atoms with E-state index in [0.717, 1.165) is 16.6 Å². The highest BCUT2D eigenvalue weighted by Crippen LogP contribution is 2.36. The molecule has 1 aliphatic rings. The van der Waals surface area contributed by atoms with Crippen molar-refractivity contribution in [2.75, 3.05) is 13.2 Å². The van der Waals surface area contributed by atoms with Crippen molar-refractivity contribution < 1.29 is 18.3 Å². The van der Waals surface area contributed by atoms with Crippen LogP contribution in [0.1, 0.15) is 43.1 Å². The van der Waals surface area contributed by atoms with Gasteiger partial charge in [-0.15, -0.1) is 5.10 Å². The number of ether oxygens (including phenoxy) is 2. The monoisotopic (exact) mass is 580 g/mol. The molecule has 0 spiro atoms. The van der Waals surface area contributed by atoms with Gasteiger partial charge in [0.25, 0.3) is 0 Å². The number of rotatable bonds is 1. The standard InChI is InChI=1S/C33H30F2N6O2/c1-33(2)20-42-15-12-30(24-8-3-4-9-26(24)34)41-14-11-28(38-41)21-6-5-7-22(16-21)43-32-25(18-40-19-31(33)37-39-40)23-10-13-36-29(23)17-27(32)35/h3-11,13-14,16-17,19,30,36H,12,15,18,20H2,1-2H3. The molecule has 3 aromatic heterocycles. The first-order valence-electron chi connectivity index (χ1n) is 14.2. The summed E-state index contributed by atoms with van der Waals surface area (Å²) >= 11 is 0. The summed E-state index contributed by atoms with van der Waals surface area (Å²) in [5.74, 6) is -0.216. The maximum absolute atomic E-state index is 15.6. The van der Waals surface area contributed by atoms with Crippen LogP contribution in [0.5, 0.6) is 11.5 Å². The summed E-state index contributed by atoms with van der Waals surface area (Å²) in [4.78, 5) is 3.10. The predicted octanol–water partition coefficient (Wildman–Crippen LogP) is 7.03. The lowest BCUT2D eigenvalue weighted by Gasteiger charge is -2.23. The van der Waals surface area contributed by atoms with Crippen molar-refractivity contribution in [3.63, 3.8) is 0 Å². The third-order valence-corrected chi connectivity index (χ3v) is 7.96. The maximum atomic E-state index is 15.6. The van der Waals surface area contributed by atoms with Gasteiger partial charge in [0.2, 0.25) is 0 Å². The molecule has 0 amide bonds. The van der Waals surface area contributed by atoms with Crippen LogP contribution >= 0.6 is 0 Å². The molecule has 218 valence electrons. The quantitative estimate of drug-likeness (QED) is 0.226. The van der Waals surface area contributed by atoms with Gasteiger partial charge in [0, 0.05) is 64.3 Å². The third-order valence-electron chi connectivity index (χ3n) is 7.96. The Bertz CT molecular complexity index is 1920. The molecular weight excluding hydrogens is 550 g/mol. The molecule has 7 rings (SSSR count). The van der Waals surface area contributed by atoms with Crippen molar-refractivity contribution in [1.82, 2.24) is 29.8 Å². The molecule has 4 heterocycles. The number of aromatic nitrogens is 6. The van der Waals surface area contributed by atoms with Gasteiger partial charge < -0.3 is 14.5 Å². The van der Waals surface area contributed by atoms with Crippen molar-refractivity contribution in [3.8, 4) is 22.8 Å². The van der Waals surface area contributed by atoms with E-state index in [-0.39, 0.29) is 24.2 Å². The second-order valence-corrected chi connectivity index (χ2v) is 11.5. The van der Waals surface area contributed by atoms with Gasteiger partial charge in [0.05, 0.1) is 30.6 Å². The van der Waals surface area contributed by atoms with E-state index in [1.165, 1.54) is 12.1 Å². The van der Waals surface area contributed by atoms with E-state index in [1.807, 2.05) is 62.6 Å². The Morgan fingerprint density at radius 3 is 2.77 bits per heavy atom. The van der Waals surface area contributed by atoms with Gasteiger partial charge >= 0.3 is 0 Å². The Hall–Kier alpha value is -4.83. The summed E-state index contributed by atoms with van der Waals surface area (Å²) in [6, 6.07) is 18.9. The number of hydrogen-bond donors (Lipinski definition) is 1. The van der Waals surface area contributed by atoms with Gasteiger partial charge in [0.15, 0.2) is 11.6 Å². The fraction of sp³-hybridized carbons (Fsp3) is 0.242. The number of aromatic amines is 1. The Morgan fingerprint density at radius 2 is 1.88 bits per heavy atom. The Morgan fingerprint density at radius 1 is 1.00 bits per heavy atom. The van der Waals surface area contributed by atoms with E-state index >= 15 is 8.78 Å². The van der Waals surface area contributed by atoms with Crippen molar-refractivity contribution in [2.24, 2.45) is 0 Å². The topological polar surface area (TPSA) is 82.8 Å². The van der Waals surface area contributed by atoms with Crippen LogP contribution in [-0.2, 0) is 16.7 Å². The van der Waals surface area contributed by atoms with Crippen LogP contribution in [0.3, 0.4) is 0 Å². The molecule has 6 bridgehead atoms. The van der Waals surface area contributed by atoms with Gasteiger partial charge in [-0.1, -0.05) is 49.4 Å². The van der Waals surface area contributed by atoms with E-state index < -0.39 is 11.2 Å². The molecule has 1 aliphatic heterocycles. The minimum Gasteiger partial charge on any atom is -0.454 e. The summed E-state index contributed by atoms with van der Waals surface area (Å²) in [6.07, 6.45) is 5.99. The Balaban J connectivity index is 1.34. The number of nitrogens with zero attached hydrogens (tertiary/aromatic N) is 5. The van der Waals surface area contributed by atoms with Crippen LogP contribution < -0.4 is 4.74 Å². The lowest BCUT2D eigenvalue weighted by atomic mass is 9.91. The van der Waals surface area contributed by atoms with Gasteiger partial charge in [0.1, 0.15) is 11.6 Å². The number of benzene rings is 3. The highest BCUT2D eigenvalue weighted by atomic mass is 19.1.